The molecule has 1 amide bonds. The summed E-state index contributed by atoms with van der Waals surface area (Å²) < 4.78 is 12.6. The number of hydrogen-bond acceptors (Lipinski definition) is 7. The maximum Gasteiger partial charge on any atom is 0.276 e. The molecule has 7 nitrogen and oxygen atoms in total. The molecule has 0 aliphatic carbocycles. The molecular weight excluding hydrogens is 470 g/mol. The summed E-state index contributed by atoms with van der Waals surface area (Å²) in [6.45, 7) is 0. The number of thiophene rings is 1. The Bertz CT molecular complexity index is 1350. The van der Waals surface area contributed by atoms with E-state index in [-0.39, 0.29) is 17.2 Å². The number of para-hydroxylation sites is 2. The highest BCUT2D eigenvalue weighted by Crippen LogP contribution is 2.29. The minimum absolute atomic E-state index is 0.0425. The van der Waals surface area contributed by atoms with Gasteiger partial charge in [-0.2, -0.15) is 0 Å². The highest BCUT2D eigenvalue weighted by atomic mass is 35.5. The van der Waals surface area contributed by atoms with Gasteiger partial charge in [-0.15, -0.1) is 11.3 Å². The third-order valence-corrected chi connectivity index (χ3v) is 6.67. The van der Waals surface area contributed by atoms with E-state index in [9.17, 15) is 9.59 Å². The van der Waals surface area contributed by atoms with Crippen LogP contribution in [0.15, 0.2) is 63.9 Å². The molecule has 2 aromatic carbocycles. The molecule has 0 bridgehead atoms. The van der Waals surface area contributed by atoms with Crippen LogP contribution in [0.2, 0.25) is 5.02 Å². The van der Waals surface area contributed by atoms with Crippen molar-refractivity contribution in [3.63, 3.8) is 0 Å². The predicted molar refractivity (Wildman–Crippen MR) is 129 cm³/mol. The summed E-state index contributed by atoms with van der Waals surface area (Å²) in [5.74, 6) is 0.836. The van der Waals surface area contributed by atoms with Crippen molar-refractivity contribution in [2.24, 2.45) is 0 Å². The number of benzene rings is 2. The molecule has 0 saturated heterocycles. The van der Waals surface area contributed by atoms with Crippen molar-refractivity contribution in [3.8, 4) is 17.2 Å². The number of nitrogens with zero attached hydrogens (tertiary/aromatic N) is 2. The zero-order valence-electron chi connectivity index (χ0n) is 17.1. The van der Waals surface area contributed by atoms with Gasteiger partial charge in [0.1, 0.15) is 16.2 Å². The van der Waals surface area contributed by atoms with Gasteiger partial charge in [-0.1, -0.05) is 35.5 Å². The maximum atomic E-state index is 13.2. The SMILES string of the molecule is COc1ccc(NC(=O)CSc2nc3ccsc3c(=O)n2-c2ccccc2OC)cc1Cl. The normalized spacial score (nSPS) is 10.8. The first-order valence-electron chi connectivity index (χ1n) is 9.41. The van der Waals surface area contributed by atoms with Crippen LogP contribution in [-0.4, -0.2) is 35.4 Å². The van der Waals surface area contributed by atoms with Gasteiger partial charge in [0.2, 0.25) is 5.91 Å². The lowest BCUT2D eigenvalue weighted by Crippen LogP contribution is -2.22. The molecule has 2 aromatic heterocycles. The van der Waals surface area contributed by atoms with Crippen molar-refractivity contribution in [2.75, 3.05) is 25.3 Å². The molecule has 164 valence electrons. The molecule has 32 heavy (non-hydrogen) atoms. The number of hydrogen-bond donors (Lipinski definition) is 1. The number of fused-ring (bicyclic) bond motifs is 1. The number of ether oxygens (including phenoxy) is 2. The quantitative estimate of drug-likeness (QED) is 0.296. The lowest BCUT2D eigenvalue weighted by Gasteiger charge is -2.15. The topological polar surface area (TPSA) is 82.5 Å². The molecule has 0 atom stereocenters. The molecule has 0 saturated carbocycles. The van der Waals surface area contributed by atoms with E-state index >= 15 is 0 Å². The molecule has 0 radical (unpaired) electrons. The van der Waals surface area contributed by atoms with Crippen LogP contribution in [0.25, 0.3) is 15.9 Å². The first-order chi connectivity index (χ1) is 15.5. The van der Waals surface area contributed by atoms with E-state index in [1.807, 2.05) is 17.5 Å². The van der Waals surface area contributed by atoms with Gasteiger partial charge in [-0.25, -0.2) is 4.98 Å². The summed E-state index contributed by atoms with van der Waals surface area (Å²) in [6, 6.07) is 14.0. The number of aromatic nitrogens is 2. The van der Waals surface area contributed by atoms with Crippen LogP contribution in [0.4, 0.5) is 5.69 Å². The van der Waals surface area contributed by atoms with Crippen molar-refractivity contribution in [2.45, 2.75) is 5.16 Å². The number of methoxy groups -OCH3 is 2. The van der Waals surface area contributed by atoms with E-state index in [0.29, 0.717) is 43.3 Å². The number of halogens is 1. The van der Waals surface area contributed by atoms with Crippen molar-refractivity contribution >= 4 is 56.5 Å². The largest absolute Gasteiger partial charge is 0.495 e. The molecule has 2 heterocycles. The van der Waals surface area contributed by atoms with Gasteiger partial charge in [0.25, 0.3) is 5.56 Å². The maximum absolute atomic E-state index is 13.2. The second-order valence-corrected chi connectivity index (χ2v) is 8.79. The summed E-state index contributed by atoms with van der Waals surface area (Å²) in [5, 5.41) is 5.41. The van der Waals surface area contributed by atoms with Crippen LogP contribution in [0.5, 0.6) is 11.5 Å². The first-order valence-corrected chi connectivity index (χ1v) is 11.7. The lowest BCUT2D eigenvalue weighted by molar-refractivity contribution is -0.113. The number of anilines is 1. The van der Waals surface area contributed by atoms with Crippen molar-refractivity contribution in [3.05, 3.63) is 69.3 Å². The van der Waals surface area contributed by atoms with Gasteiger partial charge < -0.3 is 14.8 Å². The van der Waals surface area contributed by atoms with Crippen LogP contribution < -0.4 is 20.3 Å². The highest BCUT2D eigenvalue weighted by molar-refractivity contribution is 7.99. The zero-order valence-corrected chi connectivity index (χ0v) is 19.5. The standard InChI is InChI=1S/C22H18ClN3O4S2/c1-29-17-8-7-13(11-14(17)23)24-19(27)12-32-22-25-15-9-10-31-20(15)21(28)26(22)16-5-3-4-6-18(16)30-2/h3-11H,12H2,1-2H3,(H,24,27). The van der Waals surface area contributed by atoms with E-state index in [1.165, 1.54) is 23.0 Å². The van der Waals surface area contributed by atoms with Crippen LogP contribution in [0, 0.1) is 0 Å². The Morgan fingerprint density at radius 1 is 1.16 bits per heavy atom. The molecule has 0 unspecified atom stereocenters. The molecule has 1 N–H and O–H groups in total. The van der Waals surface area contributed by atoms with E-state index in [4.69, 9.17) is 21.1 Å². The number of nitrogens with one attached hydrogen (secondary N) is 1. The van der Waals surface area contributed by atoms with Crippen molar-refractivity contribution in [1.82, 2.24) is 9.55 Å². The van der Waals surface area contributed by atoms with Gasteiger partial charge in [0.15, 0.2) is 5.16 Å². The van der Waals surface area contributed by atoms with E-state index in [1.54, 1.807) is 43.5 Å². The Balaban J connectivity index is 1.63. The Hall–Kier alpha value is -3.01. The summed E-state index contributed by atoms with van der Waals surface area (Å²) in [7, 11) is 3.07. The summed E-state index contributed by atoms with van der Waals surface area (Å²) in [6.07, 6.45) is 0. The molecule has 4 rings (SSSR count). The van der Waals surface area contributed by atoms with Crippen LogP contribution in [-0.2, 0) is 4.79 Å². The third kappa shape index (κ3) is 4.45. The third-order valence-electron chi connectivity index (χ3n) is 4.54. The van der Waals surface area contributed by atoms with Gasteiger partial charge >= 0.3 is 0 Å². The zero-order chi connectivity index (χ0) is 22.7. The van der Waals surface area contributed by atoms with Gasteiger partial charge in [0, 0.05) is 5.69 Å². The number of amides is 1. The average Bonchev–Trinajstić information content (AvgIpc) is 3.27. The minimum atomic E-state index is -0.262. The molecule has 0 spiro atoms. The number of thioether (sulfide) groups is 1. The highest BCUT2D eigenvalue weighted by Gasteiger charge is 2.18. The van der Waals surface area contributed by atoms with Crippen molar-refractivity contribution in [1.29, 1.82) is 0 Å². The number of rotatable bonds is 7. The van der Waals surface area contributed by atoms with Crippen LogP contribution in [0.1, 0.15) is 0 Å². The lowest BCUT2D eigenvalue weighted by atomic mass is 10.3. The summed E-state index contributed by atoms with van der Waals surface area (Å²) >= 11 is 8.62. The molecule has 0 aliphatic heterocycles. The first kappa shape index (κ1) is 22.2. The number of carbonyl (C=O) groups excluding carboxylic acids is 1. The fourth-order valence-corrected chi connectivity index (χ4v) is 4.91. The molecule has 10 heteroatoms. The van der Waals surface area contributed by atoms with Gasteiger partial charge in [-0.05, 0) is 41.8 Å². The van der Waals surface area contributed by atoms with Gasteiger partial charge in [0.05, 0.1) is 36.2 Å². The Labute approximate surface area is 197 Å². The summed E-state index contributed by atoms with van der Waals surface area (Å²) in [5.41, 5.74) is 1.49. The Morgan fingerprint density at radius 3 is 2.69 bits per heavy atom. The summed E-state index contributed by atoms with van der Waals surface area (Å²) in [4.78, 5) is 30.5. The fourth-order valence-electron chi connectivity index (χ4n) is 3.09. The second kappa shape index (κ2) is 9.64. The van der Waals surface area contributed by atoms with Crippen LogP contribution >= 0.6 is 34.7 Å². The predicted octanol–water partition coefficient (Wildman–Crippen LogP) is 4.85. The van der Waals surface area contributed by atoms with E-state index in [0.717, 1.165) is 11.8 Å². The fraction of sp³-hybridized carbons (Fsp3) is 0.136. The number of carbonyl (C=O) groups is 1. The molecular formula is C22H18ClN3O4S2. The monoisotopic (exact) mass is 487 g/mol. The Morgan fingerprint density at radius 2 is 1.94 bits per heavy atom. The average molecular weight is 488 g/mol. The minimum Gasteiger partial charge on any atom is -0.495 e. The van der Waals surface area contributed by atoms with Crippen molar-refractivity contribution < 1.29 is 14.3 Å². The molecule has 4 aromatic rings. The Kier molecular flexibility index (Phi) is 6.69. The second-order valence-electron chi connectivity index (χ2n) is 6.53. The van der Waals surface area contributed by atoms with Crippen LogP contribution in [0.3, 0.4) is 0 Å². The van der Waals surface area contributed by atoms with E-state index < -0.39 is 0 Å². The van der Waals surface area contributed by atoms with E-state index in [2.05, 4.69) is 10.3 Å². The smallest absolute Gasteiger partial charge is 0.276 e. The van der Waals surface area contributed by atoms with Gasteiger partial charge in [-0.3, -0.25) is 14.2 Å². The molecule has 0 aliphatic rings. The molecule has 0 fully saturated rings.